The van der Waals surface area contributed by atoms with Crippen LogP contribution in [0.1, 0.15) is 52.1 Å². The normalized spacial score (nSPS) is 11.4. The Hall–Kier alpha value is -4.96. The second-order valence-corrected chi connectivity index (χ2v) is 11.9. The number of carbonyl (C=O) groups is 3. The molecule has 0 aliphatic rings. The van der Waals surface area contributed by atoms with E-state index < -0.39 is 17.5 Å². The summed E-state index contributed by atoms with van der Waals surface area (Å²) < 4.78 is 0. The number of nitrogens with two attached hydrogens (primary N) is 1. The molecule has 0 radical (unpaired) electrons. The number of amides is 3. The maximum atomic E-state index is 12.7. The molecule has 0 saturated heterocycles. The number of rotatable bonds is 7. The summed E-state index contributed by atoms with van der Waals surface area (Å²) in [5.74, 6) is -0.857. The van der Waals surface area contributed by atoms with Crippen molar-refractivity contribution in [1.29, 1.82) is 0 Å². The summed E-state index contributed by atoms with van der Waals surface area (Å²) in [6.07, 6.45) is 0.577. The van der Waals surface area contributed by atoms with Gasteiger partial charge < -0.3 is 21.1 Å². The molecule has 3 aromatic carbocycles. The number of thiazole rings is 1. The highest BCUT2D eigenvalue weighted by molar-refractivity contribution is 7.11. The number of nitrogens with one attached hydrogen (secondary N) is 2. The molecule has 0 spiro atoms. The summed E-state index contributed by atoms with van der Waals surface area (Å²) in [4.78, 5) is 46.1. The van der Waals surface area contributed by atoms with E-state index in [9.17, 15) is 19.5 Å². The predicted molar refractivity (Wildman–Crippen MR) is 166 cm³/mol. The van der Waals surface area contributed by atoms with Crippen LogP contribution in [-0.4, -0.2) is 43.4 Å². The molecular formula is C32H31N5O4S. The molecule has 214 valence electrons. The van der Waals surface area contributed by atoms with E-state index in [1.165, 1.54) is 16.2 Å². The Labute approximate surface area is 247 Å². The maximum absolute atomic E-state index is 12.7. The van der Waals surface area contributed by atoms with Gasteiger partial charge in [-0.05, 0) is 68.1 Å². The Morgan fingerprint density at radius 1 is 1.02 bits per heavy atom. The molecular weight excluding hydrogens is 550 g/mol. The van der Waals surface area contributed by atoms with E-state index in [0.717, 1.165) is 38.9 Å². The van der Waals surface area contributed by atoms with Crippen molar-refractivity contribution in [2.45, 2.75) is 39.8 Å². The lowest BCUT2D eigenvalue weighted by Crippen LogP contribution is -2.44. The second kappa shape index (κ2) is 11.1. The molecule has 0 aliphatic heterocycles. The number of benzene rings is 3. The lowest BCUT2D eigenvalue weighted by atomic mass is 9.94. The molecule has 2 aromatic heterocycles. The van der Waals surface area contributed by atoms with Crippen molar-refractivity contribution in [2.24, 2.45) is 5.73 Å². The fraction of sp³-hybridized carbons (Fsp3) is 0.188. The van der Waals surface area contributed by atoms with Gasteiger partial charge >= 0.3 is 6.09 Å². The number of carbonyl (C=O) groups excluding carboxylic acids is 2. The van der Waals surface area contributed by atoms with Gasteiger partial charge in [0.15, 0.2) is 5.01 Å². The number of aromatic nitrogens is 2. The Kier molecular flexibility index (Phi) is 7.57. The molecule has 42 heavy (non-hydrogen) atoms. The molecule has 5 rings (SSSR count). The molecule has 5 N–H and O–H groups in total. The van der Waals surface area contributed by atoms with Gasteiger partial charge in [0.1, 0.15) is 0 Å². The highest BCUT2D eigenvalue weighted by atomic mass is 32.1. The molecule has 5 aromatic rings. The molecule has 2 heterocycles. The molecule has 0 saturated carbocycles. The molecule has 3 amide bonds. The van der Waals surface area contributed by atoms with Crippen LogP contribution in [0.5, 0.6) is 0 Å². The molecule has 0 aliphatic carbocycles. The van der Waals surface area contributed by atoms with Crippen LogP contribution < -0.4 is 11.1 Å². The summed E-state index contributed by atoms with van der Waals surface area (Å²) in [5.41, 5.74) is 11.6. The maximum Gasteiger partial charge on any atom is 0.408 e. The lowest BCUT2D eigenvalue weighted by Gasteiger charge is -2.33. The third-order valence-corrected chi connectivity index (χ3v) is 8.01. The first-order chi connectivity index (χ1) is 20.0. The Morgan fingerprint density at radius 2 is 1.76 bits per heavy atom. The Bertz CT molecular complexity index is 1820. The lowest BCUT2D eigenvalue weighted by molar-refractivity contribution is 0.0953. The first-order valence-electron chi connectivity index (χ1n) is 13.3. The molecule has 0 unspecified atom stereocenters. The van der Waals surface area contributed by atoms with Gasteiger partial charge in [-0.1, -0.05) is 42.5 Å². The average molecular weight is 582 g/mol. The van der Waals surface area contributed by atoms with Crippen molar-refractivity contribution in [3.63, 3.8) is 0 Å². The van der Waals surface area contributed by atoms with E-state index in [2.05, 4.69) is 15.3 Å². The summed E-state index contributed by atoms with van der Waals surface area (Å²) in [6.45, 7) is 7.67. The van der Waals surface area contributed by atoms with Gasteiger partial charge in [0.25, 0.3) is 11.8 Å². The Morgan fingerprint density at radius 3 is 2.43 bits per heavy atom. The zero-order chi connectivity index (χ0) is 30.2. The fourth-order valence-electron chi connectivity index (χ4n) is 5.06. The zero-order valence-corrected chi connectivity index (χ0v) is 24.5. The third-order valence-electron chi connectivity index (χ3n) is 7.23. The number of hydrogen-bond donors (Lipinski definition) is 4. The van der Waals surface area contributed by atoms with E-state index in [0.29, 0.717) is 21.8 Å². The number of primary amides is 1. The SMILES string of the molecule is Cc1c(NC(=O)c2nccs2)cccc1-c1ccc(C(N)=O)c2[nH]c(-c3ccccc3CN(C(=O)O)C(C)(C)C)cc12. The second-order valence-electron chi connectivity index (χ2n) is 11.0. The molecule has 0 atom stereocenters. The minimum absolute atomic E-state index is 0.180. The number of hydrogen-bond acceptors (Lipinski definition) is 5. The summed E-state index contributed by atoms with van der Waals surface area (Å²) >= 11 is 1.26. The number of anilines is 1. The van der Waals surface area contributed by atoms with Gasteiger partial charge in [-0.3, -0.25) is 14.5 Å². The van der Waals surface area contributed by atoms with Crippen LogP contribution in [0.15, 0.2) is 72.2 Å². The number of nitrogens with zero attached hydrogens (tertiary/aromatic N) is 2. The van der Waals surface area contributed by atoms with Crippen molar-refractivity contribution >= 4 is 45.8 Å². The molecule has 0 bridgehead atoms. The van der Waals surface area contributed by atoms with E-state index in [4.69, 9.17) is 5.73 Å². The molecule has 0 fully saturated rings. The van der Waals surface area contributed by atoms with Crippen LogP contribution >= 0.6 is 11.3 Å². The van der Waals surface area contributed by atoms with E-state index in [1.54, 1.807) is 17.6 Å². The predicted octanol–water partition coefficient (Wildman–Crippen LogP) is 6.90. The van der Waals surface area contributed by atoms with E-state index >= 15 is 0 Å². The van der Waals surface area contributed by atoms with Gasteiger partial charge in [0.2, 0.25) is 0 Å². The van der Waals surface area contributed by atoms with E-state index in [1.807, 2.05) is 82.3 Å². The highest BCUT2D eigenvalue weighted by Gasteiger charge is 2.27. The third kappa shape index (κ3) is 5.48. The first-order valence-corrected chi connectivity index (χ1v) is 14.2. The topological polar surface area (TPSA) is 141 Å². The molecule has 9 nitrogen and oxygen atoms in total. The van der Waals surface area contributed by atoms with Gasteiger partial charge in [-0.25, -0.2) is 9.78 Å². The summed E-state index contributed by atoms with van der Waals surface area (Å²) in [6, 6.07) is 18.7. The van der Waals surface area contributed by atoms with Crippen molar-refractivity contribution < 1.29 is 19.5 Å². The summed E-state index contributed by atoms with van der Waals surface area (Å²) in [7, 11) is 0. The largest absolute Gasteiger partial charge is 0.465 e. The zero-order valence-electron chi connectivity index (χ0n) is 23.7. The average Bonchev–Trinajstić information content (AvgIpc) is 3.63. The van der Waals surface area contributed by atoms with Gasteiger partial charge in [-0.15, -0.1) is 11.3 Å². The van der Waals surface area contributed by atoms with E-state index in [-0.39, 0.29) is 12.5 Å². The van der Waals surface area contributed by atoms with Gasteiger partial charge in [-0.2, -0.15) is 0 Å². The minimum atomic E-state index is -1.01. The fourth-order valence-corrected chi connectivity index (χ4v) is 5.59. The van der Waals surface area contributed by atoms with Gasteiger partial charge in [0, 0.05) is 39.4 Å². The summed E-state index contributed by atoms with van der Waals surface area (Å²) in [5, 5.41) is 15.7. The number of carboxylic acid groups (broad SMARTS) is 1. The van der Waals surface area contributed by atoms with Crippen molar-refractivity contribution in [1.82, 2.24) is 14.9 Å². The minimum Gasteiger partial charge on any atom is -0.465 e. The van der Waals surface area contributed by atoms with Crippen molar-refractivity contribution in [3.8, 4) is 22.4 Å². The van der Waals surface area contributed by atoms with Crippen LogP contribution in [0.2, 0.25) is 0 Å². The Balaban J connectivity index is 1.63. The standard InChI is InChI=1S/C32H31N5O4S/c1-18-20(10-7-11-25(18)36-29(39)30-34-14-15-42-30)22-12-13-23(28(33)38)27-24(22)16-26(35-27)21-9-6-5-8-19(21)17-37(31(40)41)32(2,3)4/h5-16,35H,17H2,1-4H3,(H2,33,38)(H,36,39)(H,40,41). The quantitative estimate of drug-likeness (QED) is 0.165. The van der Waals surface area contributed by atoms with Crippen molar-refractivity contribution in [3.05, 3.63) is 93.9 Å². The van der Waals surface area contributed by atoms with Crippen molar-refractivity contribution in [2.75, 3.05) is 5.32 Å². The number of fused-ring (bicyclic) bond motifs is 1. The molecule has 10 heteroatoms. The first kappa shape index (κ1) is 28.6. The number of H-pyrrole nitrogens is 1. The van der Waals surface area contributed by atoms with Crippen LogP contribution in [0.4, 0.5) is 10.5 Å². The van der Waals surface area contributed by atoms with Crippen LogP contribution in [0.3, 0.4) is 0 Å². The highest BCUT2D eigenvalue weighted by Crippen LogP contribution is 2.38. The smallest absolute Gasteiger partial charge is 0.408 e. The van der Waals surface area contributed by atoms with Crippen LogP contribution in [0, 0.1) is 6.92 Å². The van der Waals surface area contributed by atoms with Gasteiger partial charge in [0.05, 0.1) is 17.6 Å². The monoisotopic (exact) mass is 581 g/mol. The van der Waals surface area contributed by atoms with Crippen LogP contribution in [0.25, 0.3) is 33.3 Å². The van der Waals surface area contributed by atoms with Crippen LogP contribution in [-0.2, 0) is 6.54 Å². The number of aromatic amines is 1.